The molecule has 0 saturated heterocycles. The topological polar surface area (TPSA) is 32.9 Å². The third-order valence-electron chi connectivity index (χ3n) is 2.85. The zero-order valence-electron chi connectivity index (χ0n) is 8.47. The molecule has 15 heavy (non-hydrogen) atoms. The summed E-state index contributed by atoms with van der Waals surface area (Å²) in [5.74, 6) is 0. The second kappa shape index (κ2) is 3.91. The number of rotatable bonds is 0. The van der Waals surface area contributed by atoms with E-state index in [1.165, 1.54) is 5.56 Å². The smallest absolute Gasteiger partial charge is 0.251 e. The van der Waals surface area contributed by atoms with Crippen molar-refractivity contribution in [2.45, 2.75) is 23.5 Å². The predicted octanol–water partition coefficient (Wildman–Crippen LogP) is 3.22. The summed E-state index contributed by atoms with van der Waals surface area (Å²) in [6.45, 7) is 3.85. The summed E-state index contributed by atoms with van der Waals surface area (Å²) >= 11 is 7.22. The Kier molecular flexibility index (Phi) is 2.90. The van der Waals surface area contributed by atoms with Crippen molar-refractivity contribution in [3.8, 4) is 0 Å². The standard InChI is InChI=1S/C11H11Br2NO/c1-5-6(2)11(15)14-8-4-3-7(12)10(13)9(5)8/h3-4,7,10H,1-2H3,(H,14,15). The quantitative estimate of drug-likeness (QED) is 0.727. The number of hydrogen-bond acceptors (Lipinski definition) is 1. The first-order valence-electron chi connectivity index (χ1n) is 4.72. The molecule has 1 aliphatic carbocycles. The molecule has 2 unspecified atom stereocenters. The third kappa shape index (κ3) is 1.74. The van der Waals surface area contributed by atoms with Crippen LogP contribution >= 0.6 is 31.9 Å². The molecular formula is C11H11Br2NO. The summed E-state index contributed by atoms with van der Waals surface area (Å²) < 4.78 is 0. The van der Waals surface area contributed by atoms with Crippen molar-refractivity contribution in [3.63, 3.8) is 0 Å². The van der Waals surface area contributed by atoms with Crippen LogP contribution in [0.2, 0.25) is 0 Å². The van der Waals surface area contributed by atoms with Crippen LogP contribution in [0.25, 0.3) is 6.08 Å². The molecule has 1 heterocycles. The lowest BCUT2D eigenvalue weighted by molar-refractivity contribution is 0.943. The van der Waals surface area contributed by atoms with Crippen molar-refractivity contribution in [2.24, 2.45) is 0 Å². The molecule has 4 heteroatoms. The van der Waals surface area contributed by atoms with Crippen molar-refractivity contribution in [1.29, 1.82) is 0 Å². The van der Waals surface area contributed by atoms with E-state index < -0.39 is 0 Å². The van der Waals surface area contributed by atoms with E-state index in [9.17, 15) is 4.79 Å². The lowest BCUT2D eigenvalue weighted by Gasteiger charge is -2.23. The van der Waals surface area contributed by atoms with E-state index in [-0.39, 0.29) is 15.2 Å². The van der Waals surface area contributed by atoms with Crippen LogP contribution < -0.4 is 5.56 Å². The van der Waals surface area contributed by atoms with Gasteiger partial charge >= 0.3 is 0 Å². The summed E-state index contributed by atoms with van der Waals surface area (Å²) in [4.78, 5) is 15.0. The van der Waals surface area contributed by atoms with Gasteiger partial charge in [0.25, 0.3) is 5.56 Å². The Bertz CT molecular complexity index is 490. The second-order valence-electron chi connectivity index (χ2n) is 3.74. The number of allylic oxidation sites excluding steroid dienone is 1. The van der Waals surface area contributed by atoms with Gasteiger partial charge in [-0.3, -0.25) is 4.79 Å². The number of aromatic amines is 1. The first-order valence-corrected chi connectivity index (χ1v) is 6.55. The summed E-state index contributed by atoms with van der Waals surface area (Å²) in [6, 6.07) is 0. The number of H-pyrrole nitrogens is 1. The molecule has 0 aliphatic heterocycles. The molecular weight excluding hydrogens is 322 g/mol. The minimum Gasteiger partial charge on any atom is -0.322 e. The van der Waals surface area contributed by atoms with E-state index in [4.69, 9.17) is 0 Å². The Labute approximate surface area is 105 Å². The van der Waals surface area contributed by atoms with Gasteiger partial charge in [0.2, 0.25) is 0 Å². The number of aromatic nitrogens is 1. The molecule has 0 bridgehead atoms. The van der Waals surface area contributed by atoms with Crippen molar-refractivity contribution < 1.29 is 0 Å². The molecule has 1 aromatic rings. The number of alkyl halides is 2. The summed E-state index contributed by atoms with van der Waals surface area (Å²) in [6.07, 6.45) is 3.99. The summed E-state index contributed by atoms with van der Waals surface area (Å²) in [5.41, 5.74) is 3.97. The molecule has 0 fully saturated rings. The highest BCUT2D eigenvalue weighted by Gasteiger charge is 2.25. The van der Waals surface area contributed by atoms with Gasteiger partial charge in [-0.05, 0) is 31.1 Å². The Morgan fingerprint density at radius 3 is 2.60 bits per heavy atom. The Morgan fingerprint density at radius 2 is 1.93 bits per heavy atom. The van der Waals surface area contributed by atoms with E-state index in [1.807, 2.05) is 26.0 Å². The zero-order chi connectivity index (χ0) is 11.2. The Hall–Kier alpha value is -0.350. The molecule has 0 amide bonds. The molecule has 1 aliphatic rings. The van der Waals surface area contributed by atoms with Gasteiger partial charge in [-0.25, -0.2) is 0 Å². The minimum absolute atomic E-state index is 0.00335. The van der Waals surface area contributed by atoms with E-state index in [0.29, 0.717) is 0 Å². The van der Waals surface area contributed by atoms with Crippen LogP contribution in [0.15, 0.2) is 10.9 Å². The normalized spacial score (nSPS) is 24.0. The maximum atomic E-state index is 11.6. The molecule has 0 radical (unpaired) electrons. The Morgan fingerprint density at radius 1 is 1.27 bits per heavy atom. The molecule has 2 rings (SSSR count). The number of fused-ring (bicyclic) bond motifs is 1. The van der Waals surface area contributed by atoms with Crippen LogP contribution in [0.4, 0.5) is 0 Å². The Balaban J connectivity index is 2.75. The number of halogens is 2. The first-order chi connectivity index (χ1) is 7.02. The van der Waals surface area contributed by atoms with Gasteiger partial charge in [-0.2, -0.15) is 0 Å². The third-order valence-corrected chi connectivity index (χ3v) is 5.42. The molecule has 2 atom stereocenters. The van der Waals surface area contributed by atoms with Crippen molar-refractivity contribution in [1.82, 2.24) is 4.98 Å². The monoisotopic (exact) mass is 331 g/mol. The maximum absolute atomic E-state index is 11.6. The molecule has 2 nitrogen and oxygen atoms in total. The molecule has 80 valence electrons. The maximum Gasteiger partial charge on any atom is 0.251 e. The lowest BCUT2D eigenvalue weighted by atomic mass is 9.95. The van der Waals surface area contributed by atoms with Crippen LogP contribution in [0, 0.1) is 13.8 Å². The average Bonchev–Trinajstić information content (AvgIpc) is 2.20. The van der Waals surface area contributed by atoms with E-state index in [0.717, 1.165) is 16.8 Å². The van der Waals surface area contributed by atoms with Gasteiger partial charge in [0.05, 0.1) is 4.83 Å². The van der Waals surface area contributed by atoms with Crippen molar-refractivity contribution in [3.05, 3.63) is 38.8 Å². The van der Waals surface area contributed by atoms with E-state index in [2.05, 4.69) is 36.8 Å². The number of pyridine rings is 1. The second-order valence-corrected chi connectivity index (χ2v) is 5.78. The van der Waals surface area contributed by atoms with E-state index in [1.54, 1.807) is 0 Å². The molecule has 0 saturated carbocycles. The highest BCUT2D eigenvalue weighted by molar-refractivity contribution is 9.12. The fraction of sp³-hybridized carbons (Fsp3) is 0.364. The molecule has 1 aromatic heterocycles. The lowest BCUT2D eigenvalue weighted by Crippen LogP contribution is -2.20. The fourth-order valence-corrected chi connectivity index (χ4v) is 2.97. The van der Waals surface area contributed by atoms with Crippen LogP contribution in [-0.2, 0) is 0 Å². The minimum atomic E-state index is 0.00335. The summed E-state index contributed by atoms with van der Waals surface area (Å²) in [5, 5.41) is 0. The van der Waals surface area contributed by atoms with Crippen LogP contribution in [0.3, 0.4) is 0 Å². The highest BCUT2D eigenvalue weighted by atomic mass is 79.9. The number of hydrogen-bond donors (Lipinski definition) is 1. The van der Waals surface area contributed by atoms with Gasteiger partial charge in [0, 0.05) is 16.1 Å². The van der Waals surface area contributed by atoms with Crippen LogP contribution in [0.5, 0.6) is 0 Å². The van der Waals surface area contributed by atoms with Crippen molar-refractivity contribution >= 4 is 37.9 Å². The van der Waals surface area contributed by atoms with Gasteiger partial charge in [0.15, 0.2) is 0 Å². The van der Waals surface area contributed by atoms with Gasteiger partial charge in [-0.15, -0.1) is 0 Å². The average molecular weight is 333 g/mol. The molecule has 0 spiro atoms. The predicted molar refractivity (Wildman–Crippen MR) is 70.0 cm³/mol. The fourth-order valence-electron chi connectivity index (χ4n) is 1.79. The number of nitrogens with one attached hydrogen (secondary N) is 1. The molecule has 0 aromatic carbocycles. The zero-order valence-corrected chi connectivity index (χ0v) is 11.6. The first kappa shape index (κ1) is 11.1. The van der Waals surface area contributed by atoms with Crippen LogP contribution in [-0.4, -0.2) is 9.81 Å². The highest BCUT2D eigenvalue weighted by Crippen LogP contribution is 2.39. The van der Waals surface area contributed by atoms with E-state index >= 15 is 0 Å². The summed E-state index contributed by atoms with van der Waals surface area (Å²) in [7, 11) is 0. The largest absolute Gasteiger partial charge is 0.322 e. The van der Waals surface area contributed by atoms with Crippen LogP contribution in [0.1, 0.15) is 27.2 Å². The van der Waals surface area contributed by atoms with Gasteiger partial charge in [0.1, 0.15) is 0 Å². The molecule has 1 N–H and O–H groups in total. The SMILES string of the molecule is Cc1c2c([nH]c(=O)c1C)C=CC(Br)C2Br. The van der Waals surface area contributed by atoms with Crippen molar-refractivity contribution in [2.75, 3.05) is 0 Å². The van der Waals surface area contributed by atoms with Gasteiger partial charge in [-0.1, -0.05) is 37.9 Å². The van der Waals surface area contributed by atoms with Gasteiger partial charge < -0.3 is 4.98 Å².